The van der Waals surface area contributed by atoms with Crippen LogP contribution >= 0.6 is 11.8 Å². The summed E-state index contributed by atoms with van der Waals surface area (Å²) in [4.78, 5) is 206. The molecule has 12 atom stereocenters. The van der Waals surface area contributed by atoms with E-state index in [-0.39, 0.29) is 70.2 Å². The second-order valence-electron chi connectivity index (χ2n) is 27.7. The van der Waals surface area contributed by atoms with E-state index in [0.29, 0.717) is 38.5 Å². The highest BCUT2D eigenvalue weighted by molar-refractivity contribution is 8.00. The molecule has 602 valence electrons. The molecule has 14 amide bonds. The Morgan fingerprint density at radius 3 is 1.38 bits per heavy atom. The van der Waals surface area contributed by atoms with Crippen molar-refractivity contribution in [1.82, 2.24) is 84.4 Å². The van der Waals surface area contributed by atoms with Crippen LogP contribution in [0, 0.1) is 28.6 Å². The Morgan fingerprint density at radius 2 is 0.901 bits per heavy atom. The molecule has 37 nitrogen and oxygen atoms in total. The first kappa shape index (κ1) is 88.1. The summed E-state index contributed by atoms with van der Waals surface area (Å²) in [5.41, 5.74) is 25.5. The van der Waals surface area contributed by atoms with Crippen molar-refractivity contribution >= 4 is 128 Å². The quantitative estimate of drug-likeness (QED) is 0.0179. The lowest BCUT2D eigenvalue weighted by atomic mass is 9.96. The molecule has 3 heterocycles. The van der Waals surface area contributed by atoms with Crippen LogP contribution in [-0.4, -0.2) is 214 Å². The maximum atomic E-state index is 15.1. The van der Waals surface area contributed by atoms with Gasteiger partial charge in [0.15, 0.2) is 11.9 Å². The molecule has 6 rings (SSSR count). The van der Waals surface area contributed by atoms with Crippen molar-refractivity contribution in [3.8, 4) is 0 Å². The van der Waals surface area contributed by atoms with Gasteiger partial charge in [0.2, 0.25) is 82.7 Å². The van der Waals surface area contributed by atoms with Gasteiger partial charge in [-0.3, -0.25) is 77.9 Å². The Labute approximate surface area is 645 Å². The third-order valence-electron chi connectivity index (χ3n) is 18.4. The van der Waals surface area contributed by atoms with Crippen LogP contribution in [0.1, 0.15) is 96.8 Å². The van der Waals surface area contributed by atoms with E-state index >= 15 is 9.59 Å². The third kappa shape index (κ3) is 27.7. The van der Waals surface area contributed by atoms with E-state index in [1.807, 2.05) is 0 Å². The zero-order chi connectivity index (χ0) is 81.6. The second kappa shape index (κ2) is 43.4. The molecule has 0 radical (unpaired) electrons. The van der Waals surface area contributed by atoms with Gasteiger partial charge in [0.1, 0.15) is 66.5 Å². The minimum Gasteiger partial charge on any atom is -0.394 e. The van der Waals surface area contributed by atoms with E-state index < -0.39 is 204 Å². The van der Waals surface area contributed by atoms with E-state index in [9.17, 15) is 62.6 Å². The van der Waals surface area contributed by atoms with E-state index in [1.54, 1.807) is 133 Å². The van der Waals surface area contributed by atoms with Crippen LogP contribution in [0.2, 0.25) is 0 Å². The molecule has 1 aliphatic heterocycles. The molecule has 0 bridgehead atoms. The number of carbonyl (C=O) groups excluding carboxylic acids is 14. The number of carbonyl (C=O) groups is 14. The van der Waals surface area contributed by atoms with Crippen molar-refractivity contribution < 1.29 is 72.2 Å². The molecule has 111 heavy (non-hydrogen) atoms. The molecule has 27 N–H and O–H groups in total. The zero-order valence-electron chi connectivity index (χ0n) is 62.7. The summed E-state index contributed by atoms with van der Waals surface area (Å²) in [6, 6.07) is 5.47. The third-order valence-corrected chi connectivity index (χ3v) is 19.4. The molecular formula is C73H104N22O15S. The molecule has 0 aliphatic carbocycles. The van der Waals surface area contributed by atoms with Crippen molar-refractivity contribution in [3.63, 3.8) is 0 Å². The van der Waals surface area contributed by atoms with Gasteiger partial charge in [0.05, 0.1) is 25.3 Å². The van der Waals surface area contributed by atoms with Gasteiger partial charge in [-0.05, 0) is 72.3 Å². The first-order chi connectivity index (χ1) is 52.8. The van der Waals surface area contributed by atoms with Crippen LogP contribution in [0.25, 0.3) is 21.8 Å². The van der Waals surface area contributed by atoms with Gasteiger partial charge in [-0.25, -0.2) is 0 Å². The number of fused-ring (bicyclic) bond motifs is 2. The number of primary amides is 2. The lowest BCUT2D eigenvalue weighted by Gasteiger charge is -2.29. The van der Waals surface area contributed by atoms with Crippen LogP contribution in [0.3, 0.4) is 0 Å². The predicted molar refractivity (Wildman–Crippen MR) is 413 cm³/mol. The highest BCUT2D eigenvalue weighted by Crippen LogP contribution is 2.23. The summed E-state index contributed by atoms with van der Waals surface area (Å²) in [5, 5.41) is 63.4. The SMILES string of the molecule is CC[C@H](C)[C@H]1NC(=O)[C@H](Cc2ccccc2)NC(=O)CSC[C@@H](C(N)=O)NC(=O)[C@H](C(C)C)NC(=O)[C@H](Cc2c[nH]c3ccccc23)NC(=O)[C@H](CCCNC(=N)N)NC(=O)[C@H](C(C)C)NC(=O)[C@H](Cc2c[nH]c3ccccc23)NC(=O)[C@H](CC(N)=O)NC(=O)[C@H](CCCNC(=N)N)NC(=O)CNC(=O)[C@@H](CO)NC1=O. The Balaban J connectivity index is 1.42. The predicted octanol–water partition coefficient (Wildman–Crippen LogP) is -3.89. The number of nitrogens with one attached hydrogen (secondary N) is 18. The molecule has 1 fully saturated rings. The van der Waals surface area contributed by atoms with E-state index in [0.717, 1.165) is 11.8 Å². The van der Waals surface area contributed by atoms with Crippen LogP contribution in [0.4, 0.5) is 0 Å². The second-order valence-corrected chi connectivity index (χ2v) is 28.7. The molecular weight excluding hydrogens is 1460 g/mol. The van der Waals surface area contributed by atoms with E-state index in [4.69, 9.17) is 33.8 Å². The molecule has 0 saturated carbocycles. The molecule has 1 saturated heterocycles. The monoisotopic (exact) mass is 1560 g/mol. The number of hydrogen-bond donors (Lipinski definition) is 23. The molecule has 0 unspecified atom stereocenters. The number of benzene rings is 3. The van der Waals surface area contributed by atoms with Gasteiger partial charge < -0.3 is 112 Å². The Bertz CT molecular complexity index is 4140. The van der Waals surface area contributed by atoms with Gasteiger partial charge in [-0.1, -0.05) is 115 Å². The van der Waals surface area contributed by atoms with Gasteiger partial charge in [-0.15, -0.1) is 11.8 Å². The Morgan fingerprint density at radius 1 is 0.486 bits per heavy atom. The van der Waals surface area contributed by atoms with Crippen molar-refractivity contribution in [2.45, 2.75) is 166 Å². The average molecular weight is 1560 g/mol. The van der Waals surface area contributed by atoms with Crippen LogP contribution in [0.5, 0.6) is 0 Å². The minimum atomic E-state index is -1.88. The van der Waals surface area contributed by atoms with Gasteiger partial charge in [0, 0.05) is 72.3 Å². The van der Waals surface area contributed by atoms with Crippen molar-refractivity contribution in [3.05, 3.63) is 108 Å². The summed E-state index contributed by atoms with van der Waals surface area (Å²) in [7, 11) is 0. The molecule has 0 spiro atoms. The van der Waals surface area contributed by atoms with Gasteiger partial charge >= 0.3 is 0 Å². The number of aromatic nitrogens is 2. The number of aliphatic hydroxyl groups excluding tert-OH is 1. The van der Waals surface area contributed by atoms with E-state index in [1.165, 1.54) is 0 Å². The summed E-state index contributed by atoms with van der Waals surface area (Å²) >= 11 is 0.851. The number of para-hydroxylation sites is 2. The number of guanidine groups is 2. The van der Waals surface area contributed by atoms with Crippen molar-refractivity contribution in [2.75, 3.05) is 37.7 Å². The molecule has 2 aromatic heterocycles. The molecule has 5 aromatic rings. The van der Waals surface area contributed by atoms with Gasteiger partial charge in [0.25, 0.3) is 0 Å². The topological polar surface area (TPSA) is 611 Å². The summed E-state index contributed by atoms with van der Waals surface area (Å²) in [6.45, 7) is 7.76. The average Bonchev–Trinajstić information content (AvgIpc) is 1.71. The van der Waals surface area contributed by atoms with Crippen LogP contribution in [0.15, 0.2) is 91.3 Å². The Hall–Kier alpha value is -11.8. The highest BCUT2D eigenvalue weighted by atomic mass is 32.2. The number of nitrogens with two attached hydrogens (primary N) is 4. The van der Waals surface area contributed by atoms with Gasteiger partial charge in [-0.2, -0.15) is 0 Å². The maximum Gasteiger partial charge on any atom is 0.245 e. The standard InChI is InChI=1S/C73H104N22O15S/c1-7-39(6)60-71(110)91-53(34-96)62(101)84-33-56(98)85-47(23-15-25-80-72(76)77)63(102)90-52(30-55(74)97)65(104)89-51(29-42-32-83-46-22-14-12-20-44(42)46)68(107)93-58(37(2)3)69(108)87-48(24-16-26-81-73(78)79)64(103)88-50(28-41-31-82-45-21-13-11-19-43(41)45)67(106)94-59(38(4)5)70(109)92-54(61(75)100)35-111-36-57(99)86-49(66(105)95-60)27-40-17-9-8-10-18-40/h8-14,17-22,31-32,37-39,47-54,58-60,82-83,96H,7,15-16,23-30,33-36H2,1-6H3,(H2,74,97)(H2,75,100)(H,84,101)(H,85,98)(H,86,99)(H,87,108)(H,88,103)(H,89,104)(H,90,102)(H,91,110)(H,92,109)(H,93,107)(H,94,106)(H,95,105)(H4,76,77,80)(H4,78,79,81)/t39-,47-,48-,49-,50-,51-,52-,53+,54-,58-,59-,60+/m0/s1. The first-order valence-electron chi connectivity index (χ1n) is 36.4. The van der Waals surface area contributed by atoms with Crippen molar-refractivity contribution in [2.24, 2.45) is 40.7 Å². The normalized spacial score (nSPS) is 23.2. The zero-order valence-corrected chi connectivity index (χ0v) is 63.5. The Kier molecular flexibility index (Phi) is 34.4. The molecule has 3 aromatic carbocycles. The number of hydrogen-bond acceptors (Lipinski definition) is 18. The number of thioether (sulfide) groups is 1. The van der Waals surface area contributed by atoms with Crippen molar-refractivity contribution in [1.29, 1.82) is 10.8 Å². The van der Waals surface area contributed by atoms with Crippen LogP contribution in [-0.2, 0) is 86.4 Å². The summed E-state index contributed by atoms with van der Waals surface area (Å²) < 4.78 is 0. The fourth-order valence-corrected chi connectivity index (χ4v) is 13.0. The summed E-state index contributed by atoms with van der Waals surface area (Å²) in [6.07, 6.45) is 1.62. The number of amides is 14. The smallest absolute Gasteiger partial charge is 0.245 e. The fourth-order valence-electron chi connectivity index (χ4n) is 12.1. The maximum absolute atomic E-state index is 15.1. The minimum absolute atomic E-state index is 0.0171. The number of H-pyrrole nitrogens is 2. The largest absolute Gasteiger partial charge is 0.394 e. The lowest BCUT2D eigenvalue weighted by molar-refractivity contribution is -0.137. The number of aliphatic hydroxyl groups is 1. The lowest BCUT2D eigenvalue weighted by Crippen LogP contribution is -2.62. The number of aromatic amines is 2. The van der Waals surface area contributed by atoms with E-state index in [2.05, 4.69) is 84.4 Å². The fraction of sp³-hybridized carbons (Fsp3) is 0.479. The summed E-state index contributed by atoms with van der Waals surface area (Å²) in [5.74, 6) is -17.4. The first-order valence-corrected chi connectivity index (χ1v) is 37.6. The molecule has 1 aliphatic rings. The highest BCUT2D eigenvalue weighted by Gasteiger charge is 2.39. The van der Waals surface area contributed by atoms with Crippen LogP contribution < -0.4 is 97.4 Å². The number of rotatable bonds is 22. The molecule has 38 heteroatoms.